The molecule has 0 saturated heterocycles. The summed E-state index contributed by atoms with van der Waals surface area (Å²) >= 11 is 0. The quantitative estimate of drug-likeness (QED) is 0.476. The maximum Gasteiger partial charge on any atom is 0.408 e. The molecule has 0 aliphatic carbocycles. The number of carbonyl (C=O) groups is 3. The van der Waals surface area contributed by atoms with Gasteiger partial charge in [-0.25, -0.2) is 4.79 Å². The van der Waals surface area contributed by atoms with E-state index in [-0.39, 0.29) is 24.8 Å². The second kappa shape index (κ2) is 10.9. The van der Waals surface area contributed by atoms with Gasteiger partial charge in [0.2, 0.25) is 0 Å². The summed E-state index contributed by atoms with van der Waals surface area (Å²) < 4.78 is 5.46. The Kier molecular flexibility index (Phi) is 7.62. The van der Waals surface area contributed by atoms with Crippen LogP contribution in [0.15, 0.2) is 78.9 Å². The molecule has 4 rings (SSSR count). The summed E-state index contributed by atoms with van der Waals surface area (Å²) in [6.07, 6.45) is -0.679. The fourth-order valence-corrected chi connectivity index (χ4v) is 4.45. The van der Waals surface area contributed by atoms with Crippen LogP contribution in [0.5, 0.6) is 0 Å². The van der Waals surface area contributed by atoms with Gasteiger partial charge in [0.25, 0.3) is 5.91 Å². The van der Waals surface area contributed by atoms with Crippen LogP contribution in [-0.2, 0) is 16.1 Å². The molecule has 3 aromatic carbocycles. The molecule has 1 heterocycles. The Morgan fingerprint density at radius 2 is 1.54 bits per heavy atom. The number of nitrogens with one attached hydrogen (secondary N) is 1. The zero-order chi connectivity index (χ0) is 26.6. The molecule has 0 radical (unpaired) electrons. The van der Waals surface area contributed by atoms with E-state index in [1.54, 1.807) is 26.8 Å². The second-order valence-electron chi connectivity index (χ2n) is 10.2. The lowest BCUT2D eigenvalue weighted by atomic mass is 10.0. The van der Waals surface area contributed by atoms with E-state index in [0.717, 1.165) is 16.8 Å². The highest BCUT2D eigenvalue weighted by molar-refractivity contribution is 6.10. The third-order valence-corrected chi connectivity index (χ3v) is 6.13. The molecule has 1 atom stereocenters. The Balaban J connectivity index is 1.72. The van der Waals surface area contributed by atoms with Crippen molar-refractivity contribution >= 4 is 29.2 Å². The molecule has 0 saturated carbocycles. The third-order valence-electron chi connectivity index (χ3n) is 6.13. The fourth-order valence-electron chi connectivity index (χ4n) is 4.45. The summed E-state index contributed by atoms with van der Waals surface area (Å²) in [6, 6.07) is 23.9. The highest BCUT2D eigenvalue weighted by atomic mass is 16.6. The predicted octanol–water partition coefficient (Wildman–Crippen LogP) is 5.12. The Morgan fingerprint density at radius 1 is 0.919 bits per heavy atom. The van der Waals surface area contributed by atoms with Crippen LogP contribution < -0.4 is 15.1 Å². The molecule has 7 heteroatoms. The van der Waals surface area contributed by atoms with Gasteiger partial charge >= 0.3 is 6.09 Å². The van der Waals surface area contributed by atoms with Gasteiger partial charge in [-0.3, -0.25) is 9.59 Å². The Morgan fingerprint density at radius 3 is 2.22 bits per heavy atom. The van der Waals surface area contributed by atoms with Gasteiger partial charge in [-0.05, 0) is 51.0 Å². The number of aryl methyl sites for hydroxylation is 1. The van der Waals surface area contributed by atoms with Crippen LogP contribution in [0.4, 0.5) is 16.2 Å². The Hall–Kier alpha value is -4.13. The lowest BCUT2D eigenvalue weighted by molar-refractivity contribution is -0.120. The Labute approximate surface area is 218 Å². The monoisotopic (exact) mass is 499 g/mol. The van der Waals surface area contributed by atoms with Crippen molar-refractivity contribution in [3.05, 3.63) is 95.6 Å². The lowest BCUT2D eigenvalue weighted by Crippen LogP contribution is -2.53. The molecule has 0 bridgehead atoms. The first-order chi connectivity index (χ1) is 17.6. The topological polar surface area (TPSA) is 79.0 Å². The van der Waals surface area contributed by atoms with Crippen LogP contribution in [-0.4, -0.2) is 42.5 Å². The standard InChI is InChI=1S/C30H33N3O4/c1-21-12-8-9-15-23(21)27(34)20-33-26-17-11-10-16-25(26)32(18-22-13-6-5-7-14-22)19-24(28(33)35)31-29(36)37-30(2,3)4/h5-17,24H,18-20H2,1-4H3,(H,31,36). The summed E-state index contributed by atoms with van der Waals surface area (Å²) in [4.78, 5) is 43.6. The molecule has 0 fully saturated rings. The first-order valence-electron chi connectivity index (χ1n) is 12.4. The van der Waals surface area contributed by atoms with Gasteiger partial charge in [-0.2, -0.15) is 0 Å². The highest BCUT2D eigenvalue weighted by Gasteiger charge is 2.36. The van der Waals surface area contributed by atoms with Gasteiger partial charge in [0.05, 0.1) is 17.9 Å². The van der Waals surface area contributed by atoms with Crippen molar-refractivity contribution in [2.24, 2.45) is 0 Å². The number of carbonyl (C=O) groups excluding carboxylic acids is 3. The van der Waals surface area contributed by atoms with Gasteiger partial charge < -0.3 is 19.9 Å². The minimum absolute atomic E-state index is 0.146. The molecule has 3 aromatic rings. The molecule has 1 aliphatic heterocycles. The molecule has 0 spiro atoms. The molecule has 1 N–H and O–H groups in total. The Bertz CT molecular complexity index is 1280. The number of nitrogens with zero attached hydrogens (tertiary/aromatic N) is 2. The number of amides is 2. The number of hydrogen-bond donors (Lipinski definition) is 1. The van der Waals surface area contributed by atoms with Crippen LogP contribution in [0.2, 0.25) is 0 Å². The van der Waals surface area contributed by atoms with E-state index in [0.29, 0.717) is 17.8 Å². The number of para-hydroxylation sites is 2. The average Bonchev–Trinajstić information content (AvgIpc) is 2.95. The van der Waals surface area contributed by atoms with Gasteiger partial charge in [0.1, 0.15) is 11.6 Å². The number of ether oxygens (including phenoxy) is 1. The third kappa shape index (κ3) is 6.36. The molecule has 0 aromatic heterocycles. The molecular formula is C30H33N3O4. The maximum atomic E-state index is 13.9. The molecule has 7 nitrogen and oxygen atoms in total. The molecule has 1 unspecified atom stereocenters. The van der Waals surface area contributed by atoms with Gasteiger partial charge in [-0.1, -0.05) is 66.7 Å². The second-order valence-corrected chi connectivity index (χ2v) is 10.2. The number of alkyl carbamates (subject to hydrolysis) is 1. The van der Waals surface area contributed by atoms with Crippen LogP contribution in [0.1, 0.15) is 42.3 Å². The van der Waals surface area contributed by atoms with E-state index >= 15 is 0 Å². The summed E-state index contributed by atoms with van der Waals surface area (Å²) in [6.45, 7) is 7.78. The van der Waals surface area contributed by atoms with Crippen LogP contribution in [0, 0.1) is 6.92 Å². The number of anilines is 2. The lowest BCUT2D eigenvalue weighted by Gasteiger charge is -2.27. The predicted molar refractivity (Wildman–Crippen MR) is 145 cm³/mol. The zero-order valence-electron chi connectivity index (χ0n) is 21.7. The summed E-state index contributed by atoms with van der Waals surface area (Å²) in [5.41, 5.74) is 3.19. The molecule has 2 amide bonds. The SMILES string of the molecule is Cc1ccccc1C(=O)CN1C(=O)C(NC(=O)OC(C)(C)C)CN(Cc2ccccc2)c2ccccc21. The number of ketones is 1. The van der Waals surface area contributed by atoms with Gasteiger partial charge in [0, 0.05) is 18.7 Å². The number of hydrogen-bond acceptors (Lipinski definition) is 5. The van der Waals surface area contributed by atoms with E-state index in [2.05, 4.69) is 10.2 Å². The maximum absolute atomic E-state index is 13.9. The molecule has 192 valence electrons. The van der Waals surface area contributed by atoms with E-state index < -0.39 is 17.7 Å². The fraction of sp³-hybridized carbons (Fsp3) is 0.300. The first kappa shape index (κ1) is 25.9. The number of fused-ring (bicyclic) bond motifs is 1. The first-order valence-corrected chi connectivity index (χ1v) is 12.4. The van der Waals surface area contributed by atoms with E-state index in [4.69, 9.17) is 4.74 Å². The smallest absolute Gasteiger partial charge is 0.408 e. The van der Waals surface area contributed by atoms with Gasteiger partial charge in [-0.15, -0.1) is 0 Å². The van der Waals surface area contributed by atoms with Crippen molar-refractivity contribution < 1.29 is 19.1 Å². The summed E-state index contributed by atoms with van der Waals surface area (Å²) in [7, 11) is 0. The molecule has 37 heavy (non-hydrogen) atoms. The van der Waals surface area contributed by atoms with Crippen LogP contribution in [0.3, 0.4) is 0 Å². The highest BCUT2D eigenvalue weighted by Crippen LogP contribution is 2.34. The van der Waals surface area contributed by atoms with Crippen molar-refractivity contribution in [2.75, 3.05) is 22.9 Å². The van der Waals surface area contributed by atoms with Crippen LogP contribution >= 0.6 is 0 Å². The minimum Gasteiger partial charge on any atom is -0.444 e. The van der Waals surface area contributed by atoms with Crippen molar-refractivity contribution in [3.8, 4) is 0 Å². The van der Waals surface area contributed by atoms with Crippen molar-refractivity contribution in [2.45, 2.75) is 45.9 Å². The van der Waals surface area contributed by atoms with E-state index in [9.17, 15) is 14.4 Å². The van der Waals surface area contributed by atoms with E-state index in [1.807, 2.05) is 79.7 Å². The van der Waals surface area contributed by atoms with E-state index in [1.165, 1.54) is 4.90 Å². The van der Waals surface area contributed by atoms with Crippen molar-refractivity contribution in [1.29, 1.82) is 0 Å². The number of benzene rings is 3. The number of rotatable bonds is 6. The minimum atomic E-state index is -0.921. The zero-order valence-corrected chi connectivity index (χ0v) is 21.7. The van der Waals surface area contributed by atoms with Gasteiger partial charge in [0.15, 0.2) is 5.78 Å². The van der Waals surface area contributed by atoms with Crippen LogP contribution in [0.25, 0.3) is 0 Å². The largest absolute Gasteiger partial charge is 0.444 e. The van der Waals surface area contributed by atoms with Crippen molar-refractivity contribution in [3.63, 3.8) is 0 Å². The normalized spacial score (nSPS) is 15.6. The summed E-state index contributed by atoms with van der Waals surface area (Å²) in [5, 5.41) is 2.76. The average molecular weight is 500 g/mol. The molecular weight excluding hydrogens is 466 g/mol. The molecule has 1 aliphatic rings. The number of Topliss-reactive ketones (excluding diaryl/α,β-unsaturated/α-hetero) is 1. The summed E-state index contributed by atoms with van der Waals surface area (Å²) in [5.74, 6) is -0.537. The van der Waals surface area contributed by atoms with Crippen molar-refractivity contribution in [1.82, 2.24) is 5.32 Å².